The molecule has 4 aromatic rings. The summed E-state index contributed by atoms with van der Waals surface area (Å²) in [5, 5.41) is 10.9. The van der Waals surface area contributed by atoms with E-state index in [2.05, 4.69) is 4.98 Å². The first-order valence-corrected chi connectivity index (χ1v) is 9.18. The zero-order valence-corrected chi connectivity index (χ0v) is 16.2. The molecule has 0 unspecified atom stereocenters. The molecule has 1 aromatic carbocycles. The van der Waals surface area contributed by atoms with Crippen LogP contribution in [-0.2, 0) is 6.54 Å². The molecule has 4 rings (SSSR count). The zero-order valence-electron chi connectivity index (χ0n) is 16.2. The van der Waals surface area contributed by atoms with Crippen molar-refractivity contribution >= 4 is 21.9 Å². The number of pyridine rings is 1. The number of aryl methyl sites for hydroxylation is 2. The molecule has 0 spiro atoms. The first-order chi connectivity index (χ1) is 13.5. The molecular formula is C22H22N2O4. The number of rotatable bonds is 5. The summed E-state index contributed by atoms with van der Waals surface area (Å²) in [6.07, 6.45) is 1.84. The standard InChI is InChI=1S/C22H22N2O4/c1-13-4-5-16-18(10-21(26)27-19(16)8-13)20-9-17-15(12-24(3)6-7-25)11-23-14(2)22(17)28-20/h4-5,8-11,25H,6-7,12H2,1-3H3. The van der Waals surface area contributed by atoms with Gasteiger partial charge in [0.25, 0.3) is 0 Å². The largest absolute Gasteiger partial charge is 0.454 e. The highest BCUT2D eigenvalue weighted by Crippen LogP contribution is 2.34. The van der Waals surface area contributed by atoms with Gasteiger partial charge in [0.15, 0.2) is 5.58 Å². The molecule has 3 aromatic heterocycles. The lowest BCUT2D eigenvalue weighted by molar-refractivity contribution is 0.217. The summed E-state index contributed by atoms with van der Waals surface area (Å²) in [6.45, 7) is 5.17. The Morgan fingerprint density at radius 1 is 1.11 bits per heavy atom. The van der Waals surface area contributed by atoms with Crippen LogP contribution in [0, 0.1) is 13.8 Å². The van der Waals surface area contributed by atoms with Crippen LogP contribution in [0.5, 0.6) is 0 Å². The summed E-state index contributed by atoms with van der Waals surface area (Å²) in [6, 6.07) is 9.20. The molecule has 0 saturated carbocycles. The number of furan rings is 1. The van der Waals surface area contributed by atoms with Crippen molar-refractivity contribution in [2.45, 2.75) is 20.4 Å². The highest BCUT2D eigenvalue weighted by Gasteiger charge is 2.17. The van der Waals surface area contributed by atoms with E-state index in [4.69, 9.17) is 13.9 Å². The molecular weight excluding hydrogens is 356 g/mol. The van der Waals surface area contributed by atoms with Crippen LogP contribution in [-0.4, -0.2) is 35.2 Å². The molecule has 0 saturated heterocycles. The third-order valence-corrected chi connectivity index (χ3v) is 4.91. The highest BCUT2D eigenvalue weighted by atomic mass is 16.4. The van der Waals surface area contributed by atoms with Crippen LogP contribution in [0.3, 0.4) is 0 Å². The van der Waals surface area contributed by atoms with E-state index in [-0.39, 0.29) is 6.61 Å². The molecule has 0 fully saturated rings. The Hall–Kier alpha value is -2.96. The fourth-order valence-electron chi connectivity index (χ4n) is 3.47. The molecule has 0 bridgehead atoms. The lowest BCUT2D eigenvalue weighted by Crippen LogP contribution is -2.21. The van der Waals surface area contributed by atoms with Crippen LogP contribution in [0.2, 0.25) is 0 Å². The molecule has 0 amide bonds. The minimum atomic E-state index is -0.411. The maximum atomic E-state index is 12.1. The Labute approximate surface area is 162 Å². The van der Waals surface area contributed by atoms with E-state index in [0.29, 0.717) is 35.6 Å². The Bertz CT molecular complexity index is 1220. The van der Waals surface area contributed by atoms with Gasteiger partial charge in [-0.05, 0) is 44.2 Å². The summed E-state index contributed by atoms with van der Waals surface area (Å²) in [5.74, 6) is 0.610. The topological polar surface area (TPSA) is 79.7 Å². The van der Waals surface area contributed by atoms with Crippen molar-refractivity contribution in [3.8, 4) is 11.3 Å². The number of aliphatic hydroxyl groups excluding tert-OH is 1. The van der Waals surface area contributed by atoms with Gasteiger partial charge in [-0.25, -0.2) is 4.79 Å². The van der Waals surface area contributed by atoms with Crippen LogP contribution in [0.1, 0.15) is 16.8 Å². The number of hydrogen-bond acceptors (Lipinski definition) is 6. The number of aromatic nitrogens is 1. The molecule has 144 valence electrons. The number of nitrogens with zero attached hydrogens (tertiary/aromatic N) is 2. The lowest BCUT2D eigenvalue weighted by Gasteiger charge is -2.15. The quantitative estimate of drug-likeness (QED) is 0.534. The second-order valence-corrected chi connectivity index (χ2v) is 7.16. The monoisotopic (exact) mass is 378 g/mol. The van der Waals surface area contributed by atoms with Crippen molar-refractivity contribution < 1.29 is 13.9 Å². The van der Waals surface area contributed by atoms with Crippen molar-refractivity contribution in [1.82, 2.24) is 9.88 Å². The van der Waals surface area contributed by atoms with E-state index in [9.17, 15) is 4.79 Å². The number of fused-ring (bicyclic) bond motifs is 2. The van der Waals surface area contributed by atoms with Crippen LogP contribution < -0.4 is 5.63 Å². The van der Waals surface area contributed by atoms with Crippen molar-refractivity contribution in [2.75, 3.05) is 20.2 Å². The summed E-state index contributed by atoms with van der Waals surface area (Å²) < 4.78 is 11.5. The molecule has 6 nitrogen and oxygen atoms in total. The van der Waals surface area contributed by atoms with Crippen LogP contribution in [0.4, 0.5) is 0 Å². The van der Waals surface area contributed by atoms with E-state index >= 15 is 0 Å². The van der Waals surface area contributed by atoms with Crippen LogP contribution >= 0.6 is 0 Å². The summed E-state index contributed by atoms with van der Waals surface area (Å²) in [5.41, 5.74) is 4.36. The summed E-state index contributed by atoms with van der Waals surface area (Å²) in [7, 11) is 1.95. The molecule has 0 radical (unpaired) electrons. The molecule has 1 N–H and O–H groups in total. The van der Waals surface area contributed by atoms with Crippen molar-refractivity contribution in [3.05, 3.63) is 63.8 Å². The number of hydrogen-bond donors (Lipinski definition) is 1. The maximum absolute atomic E-state index is 12.1. The highest BCUT2D eigenvalue weighted by molar-refractivity contribution is 5.95. The maximum Gasteiger partial charge on any atom is 0.336 e. The van der Waals surface area contributed by atoms with Crippen molar-refractivity contribution in [2.24, 2.45) is 0 Å². The SMILES string of the molecule is Cc1ccc2c(-c3cc4c(CN(C)CCO)cnc(C)c4o3)cc(=O)oc2c1. The Morgan fingerprint density at radius 2 is 1.93 bits per heavy atom. The summed E-state index contributed by atoms with van der Waals surface area (Å²) in [4.78, 5) is 18.6. The van der Waals surface area contributed by atoms with Gasteiger partial charge in [0.05, 0.1) is 12.3 Å². The average molecular weight is 378 g/mol. The van der Waals surface area contributed by atoms with E-state index in [1.54, 1.807) is 0 Å². The number of likely N-dealkylation sites (N-methyl/N-ethyl adjacent to an activating group) is 1. The third kappa shape index (κ3) is 3.32. The fraction of sp³-hybridized carbons (Fsp3) is 0.273. The second-order valence-electron chi connectivity index (χ2n) is 7.16. The second kappa shape index (κ2) is 7.22. The normalized spacial score (nSPS) is 11.8. The van der Waals surface area contributed by atoms with Gasteiger partial charge in [-0.3, -0.25) is 9.88 Å². The molecule has 0 aliphatic rings. The minimum absolute atomic E-state index is 0.0980. The smallest absolute Gasteiger partial charge is 0.336 e. The van der Waals surface area contributed by atoms with Gasteiger partial charge in [0, 0.05) is 41.7 Å². The van der Waals surface area contributed by atoms with Gasteiger partial charge in [-0.15, -0.1) is 0 Å². The molecule has 0 aliphatic heterocycles. The number of aliphatic hydroxyl groups is 1. The Balaban J connectivity index is 1.90. The van der Waals surface area contributed by atoms with Gasteiger partial charge < -0.3 is 13.9 Å². The van der Waals surface area contributed by atoms with E-state index in [1.165, 1.54) is 6.07 Å². The first kappa shape index (κ1) is 18.4. The first-order valence-electron chi connectivity index (χ1n) is 9.18. The van der Waals surface area contributed by atoms with Gasteiger partial charge in [0.2, 0.25) is 0 Å². The Kier molecular flexibility index (Phi) is 4.75. The predicted molar refractivity (Wildman–Crippen MR) is 108 cm³/mol. The zero-order chi connectivity index (χ0) is 19.8. The van der Waals surface area contributed by atoms with E-state index in [0.717, 1.165) is 27.6 Å². The van der Waals surface area contributed by atoms with E-state index in [1.807, 2.05) is 56.3 Å². The molecule has 6 heteroatoms. The number of benzene rings is 1. The van der Waals surface area contributed by atoms with Gasteiger partial charge in [-0.2, -0.15) is 0 Å². The molecule has 28 heavy (non-hydrogen) atoms. The van der Waals surface area contributed by atoms with Gasteiger partial charge in [0.1, 0.15) is 11.3 Å². The van der Waals surface area contributed by atoms with E-state index < -0.39 is 5.63 Å². The molecule has 3 heterocycles. The van der Waals surface area contributed by atoms with Crippen molar-refractivity contribution in [1.29, 1.82) is 0 Å². The summed E-state index contributed by atoms with van der Waals surface area (Å²) >= 11 is 0. The lowest BCUT2D eigenvalue weighted by atomic mass is 10.1. The minimum Gasteiger partial charge on any atom is -0.454 e. The molecule has 0 aliphatic carbocycles. The van der Waals surface area contributed by atoms with Crippen LogP contribution in [0.25, 0.3) is 33.3 Å². The van der Waals surface area contributed by atoms with Gasteiger partial charge in [-0.1, -0.05) is 12.1 Å². The fourth-order valence-corrected chi connectivity index (χ4v) is 3.47. The third-order valence-electron chi connectivity index (χ3n) is 4.91. The van der Waals surface area contributed by atoms with Crippen LogP contribution in [0.15, 0.2) is 50.2 Å². The van der Waals surface area contributed by atoms with Crippen molar-refractivity contribution in [3.63, 3.8) is 0 Å². The van der Waals surface area contributed by atoms with Gasteiger partial charge >= 0.3 is 5.63 Å². The average Bonchev–Trinajstić information content (AvgIpc) is 3.09. The Morgan fingerprint density at radius 3 is 2.71 bits per heavy atom. The predicted octanol–water partition coefficient (Wildman–Crippen LogP) is 3.64. The molecule has 0 atom stereocenters.